The minimum absolute atomic E-state index is 0. The standard InChI is InChI=1S/C16H28N4OS.HI/c1-5-12(3)20-15(21)9-10-18-16(17-6-2)19-11-14-8-7-13(4)22-14;/h7-8,12H,5-6,9-11H2,1-4H3,(H,20,21)(H2,17,18,19);1H. The summed E-state index contributed by atoms with van der Waals surface area (Å²) in [6.07, 6.45) is 1.40. The molecule has 132 valence electrons. The molecule has 0 saturated heterocycles. The SMILES string of the molecule is CCNC(=NCc1ccc(C)s1)NCCC(=O)NC(C)CC.I. The van der Waals surface area contributed by atoms with E-state index in [0.29, 0.717) is 19.5 Å². The van der Waals surface area contributed by atoms with E-state index < -0.39 is 0 Å². The first-order valence-corrected chi connectivity index (χ1v) is 8.73. The molecule has 1 unspecified atom stereocenters. The summed E-state index contributed by atoms with van der Waals surface area (Å²) in [6, 6.07) is 4.44. The number of hydrogen-bond donors (Lipinski definition) is 3. The fourth-order valence-corrected chi connectivity index (χ4v) is 2.63. The normalized spacial score (nSPS) is 12.3. The lowest BCUT2D eigenvalue weighted by Gasteiger charge is -2.13. The van der Waals surface area contributed by atoms with Crippen LogP contribution >= 0.6 is 35.3 Å². The van der Waals surface area contributed by atoms with Crippen LogP contribution in [0.1, 0.15) is 43.4 Å². The van der Waals surface area contributed by atoms with Gasteiger partial charge in [-0.3, -0.25) is 4.79 Å². The van der Waals surface area contributed by atoms with E-state index >= 15 is 0 Å². The molecule has 23 heavy (non-hydrogen) atoms. The van der Waals surface area contributed by atoms with E-state index in [9.17, 15) is 4.79 Å². The maximum Gasteiger partial charge on any atom is 0.221 e. The predicted molar refractivity (Wildman–Crippen MR) is 110 cm³/mol. The zero-order chi connectivity index (χ0) is 16.4. The molecule has 7 heteroatoms. The monoisotopic (exact) mass is 452 g/mol. The number of carbonyl (C=O) groups excluding carboxylic acids is 1. The topological polar surface area (TPSA) is 65.5 Å². The maximum absolute atomic E-state index is 11.7. The third-order valence-electron chi connectivity index (χ3n) is 3.20. The zero-order valence-electron chi connectivity index (χ0n) is 14.4. The van der Waals surface area contributed by atoms with Gasteiger partial charge in [-0.15, -0.1) is 35.3 Å². The average Bonchev–Trinajstić information content (AvgIpc) is 2.90. The molecule has 0 radical (unpaired) electrons. The molecule has 1 amide bonds. The lowest BCUT2D eigenvalue weighted by molar-refractivity contribution is -0.121. The second kappa shape index (κ2) is 12.6. The molecule has 5 nitrogen and oxygen atoms in total. The third kappa shape index (κ3) is 9.80. The van der Waals surface area contributed by atoms with Gasteiger partial charge in [-0.05, 0) is 39.3 Å². The molecular formula is C16H29IN4OS. The van der Waals surface area contributed by atoms with Crippen molar-refractivity contribution in [1.82, 2.24) is 16.0 Å². The first-order valence-electron chi connectivity index (χ1n) is 7.92. The van der Waals surface area contributed by atoms with Gasteiger partial charge in [0, 0.05) is 35.3 Å². The number of thiophene rings is 1. The summed E-state index contributed by atoms with van der Waals surface area (Å²) in [6.45, 7) is 10.2. The van der Waals surface area contributed by atoms with E-state index in [1.54, 1.807) is 11.3 Å². The summed E-state index contributed by atoms with van der Waals surface area (Å²) >= 11 is 1.76. The molecule has 1 heterocycles. The van der Waals surface area contributed by atoms with Crippen LogP contribution in [0, 0.1) is 6.92 Å². The van der Waals surface area contributed by atoms with Crippen LogP contribution in [0.2, 0.25) is 0 Å². The van der Waals surface area contributed by atoms with Gasteiger partial charge in [0.2, 0.25) is 5.91 Å². The number of aryl methyl sites for hydroxylation is 1. The van der Waals surface area contributed by atoms with Gasteiger partial charge in [0.05, 0.1) is 6.54 Å². The highest BCUT2D eigenvalue weighted by Crippen LogP contribution is 2.15. The molecule has 1 aromatic rings. The van der Waals surface area contributed by atoms with Gasteiger partial charge in [0.15, 0.2) is 5.96 Å². The summed E-state index contributed by atoms with van der Waals surface area (Å²) in [5.41, 5.74) is 0. The number of rotatable bonds is 8. The van der Waals surface area contributed by atoms with Crippen molar-refractivity contribution in [2.24, 2.45) is 4.99 Å². The summed E-state index contributed by atoms with van der Waals surface area (Å²) in [4.78, 5) is 18.8. The van der Waals surface area contributed by atoms with E-state index in [-0.39, 0.29) is 35.9 Å². The number of carbonyl (C=O) groups is 1. The lowest BCUT2D eigenvalue weighted by atomic mass is 10.2. The van der Waals surface area contributed by atoms with Crippen LogP contribution in [0.15, 0.2) is 17.1 Å². The van der Waals surface area contributed by atoms with Crippen LogP contribution in [0.25, 0.3) is 0 Å². The number of nitrogens with one attached hydrogen (secondary N) is 3. The molecule has 3 N–H and O–H groups in total. The fraction of sp³-hybridized carbons (Fsp3) is 0.625. The summed E-state index contributed by atoms with van der Waals surface area (Å²) in [7, 11) is 0. The van der Waals surface area contributed by atoms with Crippen LogP contribution in [0.4, 0.5) is 0 Å². The Balaban J connectivity index is 0.00000484. The van der Waals surface area contributed by atoms with Gasteiger partial charge < -0.3 is 16.0 Å². The Hall–Kier alpha value is -0.830. The molecule has 0 spiro atoms. The Kier molecular flexibility index (Phi) is 12.1. The fourth-order valence-electron chi connectivity index (χ4n) is 1.81. The molecule has 0 aromatic carbocycles. The van der Waals surface area contributed by atoms with Gasteiger partial charge >= 0.3 is 0 Å². The van der Waals surface area contributed by atoms with Crippen molar-refractivity contribution >= 4 is 47.2 Å². The van der Waals surface area contributed by atoms with Gasteiger partial charge in [-0.2, -0.15) is 0 Å². The number of hydrogen-bond acceptors (Lipinski definition) is 3. The van der Waals surface area contributed by atoms with Crippen molar-refractivity contribution in [3.8, 4) is 0 Å². The number of aliphatic imine (C=N–C) groups is 1. The largest absolute Gasteiger partial charge is 0.357 e. The highest BCUT2D eigenvalue weighted by molar-refractivity contribution is 14.0. The van der Waals surface area contributed by atoms with E-state index in [1.807, 2.05) is 13.8 Å². The predicted octanol–water partition coefficient (Wildman–Crippen LogP) is 3.03. The highest BCUT2D eigenvalue weighted by Gasteiger charge is 2.05. The minimum Gasteiger partial charge on any atom is -0.357 e. The van der Waals surface area contributed by atoms with E-state index in [4.69, 9.17) is 0 Å². The smallest absolute Gasteiger partial charge is 0.221 e. The van der Waals surface area contributed by atoms with Crippen molar-refractivity contribution in [1.29, 1.82) is 0 Å². The Morgan fingerprint density at radius 1 is 1.30 bits per heavy atom. The first-order chi connectivity index (χ1) is 10.5. The summed E-state index contributed by atoms with van der Waals surface area (Å²) < 4.78 is 0. The first kappa shape index (κ1) is 22.2. The second-order valence-electron chi connectivity index (χ2n) is 5.26. The molecule has 0 aliphatic heterocycles. The quantitative estimate of drug-likeness (QED) is 0.323. The van der Waals surface area contributed by atoms with Gasteiger partial charge in [-0.1, -0.05) is 6.92 Å². The zero-order valence-corrected chi connectivity index (χ0v) is 17.6. The number of guanidine groups is 1. The maximum atomic E-state index is 11.7. The molecule has 1 aromatic heterocycles. The molecular weight excluding hydrogens is 423 g/mol. The van der Waals surface area contributed by atoms with Crippen LogP contribution in [-0.2, 0) is 11.3 Å². The van der Waals surface area contributed by atoms with Crippen molar-refractivity contribution < 1.29 is 4.79 Å². The molecule has 1 rings (SSSR count). The summed E-state index contributed by atoms with van der Waals surface area (Å²) in [5.74, 6) is 0.830. The number of halogens is 1. The van der Waals surface area contributed by atoms with Crippen molar-refractivity contribution in [2.45, 2.75) is 53.1 Å². The Bertz CT molecular complexity index is 490. The molecule has 0 bridgehead atoms. The highest BCUT2D eigenvalue weighted by atomic mass is 127. The van der Waals surface area contributed by atoms with Crippen LogP contribution < -0.4 is 16.0 Å². The minimum atomic E-state index is 0. The molecule has 1 atom stereocenters. The Morgan fingerprint density at radius 3 is 2.61 bits per heavy atom. The third-order valence-corrected chi connectivity index (χ3v) is 4.18. The second-order valence-corrected chi connectivity index (χ2v) is 6.63. The molecule has 0 aliphatic rings. The van der Waals surface area contributed by atoms with Gasteiger partial charge in [0.1, 0.15) is 0 Å². The van der Waals surface area contributed by atoms with Crippen molar-refractivity contribution in [3.05, 3.63) is 21.9 Å². The number of nitrogens with zero attached hydrogens (tertiary/aromatic N) is 1. The van der Waals surface area contributed by atoms with Gasteiger partial charge in [0.25, 0.3) is 0 Å². The average molecular weight is 452 g/mol. The Labute approximate surface area is 160 Å². The van der Waals surface area contributed by atoms with Crippen molar-refractivity contribution in [3.63, 3.8) is 0 Å². The Morgan fingerprint density at radius 2 is 2.04 bits per heavy atom. The van der Waals surface area contributed by atoms with Crippen molar-refractivity contribution in [2.75, 3.05) is 13.1 Å². The van der Waals surface area contributed by atoms with Gasteiger partial charge in [-0.25, -0.2) is 4.99 Å². The van der Waals surface area contributed by atoms with Crippen LogP contribution in [0.5, 0.6) is 0 Å². The molecule has 0 fully saturated rings. The lowest BCUT2D eigenvalue weighted by Crippen LogP contribution is -2.40. The molecule has 0 saturated carbocycles. The number of amides is 1. The molecule has 0 aliphatic carbocycles. The van der Waals surface area contributed by atoms with E-state index in [2.05, 4.69) is 46.9 Å². The van der Waals surface area contributed by atoms with E-state index in [0.717, 1.165) is 18.9 Å². The summed E-state index contributed by atoms with van der Waals surface area (Å²) in [5, 5.41) is 9.36. The van der Waals surface area contributed by atoms with Crippen LogP contribution in [0.3, 0.4) is 0 Å². The van der Waals surface area contributed by atoms with E-state index in [1.165, 1.54) is 9.75 Å². The van der Waals surface area contributed by atoms with Crippen LogP contribution in [-0.4, -0.2) is 31.0 Å².